The SMILES string of the molecule is CC[C@@H](C)NC(=O)c1ccccc1NS(=O)(=O)c1ccc(OC)c(C(=O)NC(C)C)c1. The van der Waals surface area contributed by atoms with Gasteiger partial charge in [-0.2, -0.15) is 0 Å². The Labute approximate surface area is 183 Å². The highest BCUT2D eigenvalue weighted by Gasteiger charge is 2.22. The van der Waals surface area contributed by atoms with E-state index in [9.17, 15) is 18.0 Å². The predicted molar refractivity (Wildman–Crippen MR) is 120 cm³/mol. The molecule has 2 aromatic rings. The fraction of sp³-hybridized carbons (Fsp3) is 0.364. The van der Waals surface area contributed by atoms with Gasteiger partial charge in [0.05, 0.1) is 28.8 Å². The Balaban J connectivity index is 2.40. The van der Waals surface area contributed by atoms with Gasteiger partial charge in [-0.15, -0.1) is 0 Å². The number of rotatable bonds is 9. The van der Waals surface area contributed by atoms with Crippen LogP contribution in [0.4, 0.5) is 5.69 Å². The molecule has 0 radical (unpaired) electrons. The molecule has 2 rings (SSSR count). The number of sulfonamides is 1. The summed E-state index contributed by atoms with van der Waals surface area (Å²) in [5.74, 6) is -0.568. The minimum atomic E-state index is -4.08. The van der Waals surface area contributed by atoms with Crippen LogP contribution in [0.15, 0.2) is 47.4 Å². The average molecular weight is 448 g/mol. The van der Waals surface area contributed by atoms with Gasteiger partial charge in [0.2, 0.25) is 0 Å². The van der Waals surface area contributed by atoms with E-state index in [1.807, 2.05) is 13.8 Å². The first-order valence-corrected chi connectivity index (χ1v) is 11.5. The topological polar surface area (TPSA) is 114 Å². The van der Waals surface area contributed by atoms with Crippen LogP contribution in [-0.4, -0.2) is 39.4 Å². The smallest absolute Gasteiger partial charge is 0.261 e. The molecule has 9 heteroatoms. The van der Waals surface area contributed by atoms with E-state index in [-0.39, 0.29) is 45.5 Å². The molecule has 0 spiro atoms. The number of hydrogen-bond acceptors (Lipinski definition) is 5. The van der Waals surface area contributed by atoms with Gasteiger partial charge in [-0.25, -0.2) is 8.42 Å². The second-order valence-electron chi connectivity index (χ2n) is 7.42. The van der Waals surface area contributed by atoms with Crippen LogP contribution in [0.5, 0.6) is 5.75 Å². The maximum Gasteiger partial charge on any atom is 0.261 e. The van der Waals surface area contributed by atoms with E-state index in [2.05, 4.69) is 15.4 Å². The first-order valence-electron chi connectivity index (χ1n) is 10.0. The van der Waals surface area contributed by atoms with Crippen LogP contribution in [0.25, 0.3) is 0 Å². The summed E-state index contributed by atoms with van der Waals surface area (Å²) in [6, 6.07) is 10.2. The zero-order valence-electron chi connectivity index (χ0n) is 18.4. The number of para-hydroxylation sites is 1. The molecule has 0 aromatic heterocycles. The third-order valence-electron chi connectivity index (χ3n) is 4.55. The molecular weight excluding hydrogens is 418 g/mol. The summed E-state index contributed by atoms with van der Waals surface area (Å²) in [5, 5.41) is 5.55. The van der Waals surface area contributed by atoms with Crippen molar-refractivity contribution in [2.45, 2.75) is 51.1 Å². The Morgan fingerprint density at radius 2 is 1.61 bits per heavy atom. The van der Waals surface area contributed by atoms with Crippen molar-refractivity contribution in [1.29, 1.82) is 0 Å². The number of carbonyl (C=O) groups is 2. The fourth-order valence-corrected chi connectivity index (χ4v) is 3.85. The Kier molecular flexibility index (Phi) is 8.04. The molecule has 2 aromatic carbocycles. The van der Waals surface area contributed by atoms with Crippen LogP contribution in [0.1, 0.15) is 54.8 Å². The standard InChI is InChI=1S/C22H29N3O5S/c1-6-15(4)24-21(26)17-9-7-8-10-19(17)25-31(28,29)16-11-12-20(30-5)18(13-16)22(27)23-14(2)3/h7-15,25H,6H2,1-5H3,(H,23,27)(H,24,26)/t15-/m1/s1. The van der Waals surface area contributed by atoms with Gasteiger partial charge in [-0.1, -0.05) is 19.1 Å². The molecule has 0 aliphatic rings. The number of carbonyl (C=O) groups excluding carboxylic acids is 2. The first-order chi connectivity index (χ1) is 14.6. The molecule has 0 saturated heterocycles. The maximum atomic E-state index is 13.0. The summed E-state index contributed by atoms with van der Waals surface area (Å²) in [6.07, 6.45) is 0.743. The molecule has 8 nitrogen and oxygen atoms in total. The van der Waals surface area contributed by atoms with Crippen molar-refractivity contribution in [3.05, 3.63) is 53.6 Å². The Morgan fingerprint density at radius 1 is 0.968 bits per heavy atom. The van der Waals surface area contributed by atoms with Crippen molar-refractivity contribution in [2.24, 2.45) is 0 Å². The van der Waals surface area contributed by atoms with Gasteiger partial charge in [-0.05, 0) is 57.5 Å². The van der Waals surface area contributed by atoms with Crippen LogP contribution >= 0.6 is 0 Å². The number of ether oxygens (including phenoxy) is 1. The van der Waals surface area contributed by atoms with Crippen LogP contribution in [0.3, 0.4) is 0 Å². The van der Waals surface area contributed by atoms with Gasteiger partial charge in [0.15, 0.2) is 0 Å². The predicted octanol–water partition coefficient (Wildman–Crippen LogP) is 3.16. The number of anilines is 1. The molecule has 0 aliphatic carbocycles. The van der Waals surface area contributed by atoms with Crippen molar-refractivity contribution in [2.75, 3.05) is 11.8 Å². The van der Waals surface area contributed by atoms with Gasteiger partial charge in [0.25, 0.3) is 21.8 Å². The molecule has 0 saturated carbocycles. The Morgan fingerprint density at radius 3 is 2.23 bits per heavy atom. The molecule has 0 bridgehead atoms. The Bertz CT molecular complexity index is 1050. The highest BCUT2D eigenvalue weighted by atomic mass is 32.2. The second-order valence-corrected chi connectivity index (χ2v) is 9.11. The first kappa shape index (κ1) is 24.2. The van der Waals surface area contributed by atoms with Gasteiger partial charge in [-0.3, -0.25) is 14.3 Å². The largest absolute Gasteiger partial charge is 0.496 e. The summed E-state index contributed by atoms with van der Waals surface area (Å²) >= 11 is 0. The van der Waals surface area contributed by atoms with E-state index in [1.54, 1.807) is 32.0 Å². The quantitative estimate of drug-likeness (QED) is 0.546. The van der Waals surface area contributed by atoms with Gasteiger partial charge >= 0.3 is 0 Å². The molecule has 0 unspecified atom stereocenters. The van der Waals surface area contributed by atoms with Gasteiger partial charge in [0.1, 0.15) is 5.75 Å². The minimum Gasteiger partial charge on any atom is -0.496 e. The summed E-state index contributed by atoms with van der Waals surface area (Å²) < 4.78 is 33.7. The summed E-state index contributed by atoms with van der Waals surface area (Å²) in [7, 11) is -2.68. The molecule has 1 atom stereocenters. The number of hydrogen-bond donors (Lipinski definition) is 3. The molecule has 3 N–H and O–H groups in total. The maximum absolute atomic E-state index is 13.0. The fourth-order valence-electron chi connectivity index (χ4n) is 2.75. The van der Waals surface area contributed by atoms with Crippen LogP contribution in [0.2, 0.25) is 0 Å². The lowest BCUT2D eigenvalue weighted by atomic mass is 10.1. The van der Waals surface area contributed by atoms with E-state index < -0.39 is 15.9 Å². The highest BCUT2D eigenvalue weighted by Crippen LogP contribution is 2.25. The second kappa shape index (κ2) is 10.3. The zero-order valence-corrected chi connectivity index (χ0v) is 19.2. The molecular formula is C22H29N3O5S. The van der Waals surface area contributed by atoms with Gasteiger partial charge in [0, 0.05) is 12.1 Å². The van der Waals surface area contributed by atoms with E-state index in [4.69, 9.17) is 4.74 Å². The van der Waals surface area contributed by atoms with Crippen molar-refractivity contribution in [1.82, 2.24) is 10.6 Å². The van der Waals surface area contributed by atoms with Crippen molar-refractivity contribution in [3.63, 3.8) is 0 Å². The van der Waals surface area contributed by atoms with Crippen molar-refractivity contribution in [3.8, 4) is 5.75 Å². The van der Waals surface area contributed by atoms with Gasteiger partial charge < -0.3 is 15.4 Å². The van der Waals surface area contributed by atoms with Crippen LogP contribution < -0.4 is 20.1 Å². The number of amides is 2. The number of benzene rings is 2. The molecule has 0 aliphatic heterocycles. The van der Waals surface area contributed by atoms with E-state index in [0.717, 1.165) is 6.42 Å². The molecule has 31 heavy (non-hydrogen) atoms. The monoisotopic (exact) mass is 447 g/mol. The van der Waals surface area contributed by atoms with Crippen LogP contribution in [0, 0.1) is 0 Å². The van der Waals surface area contributed by atoms with Crippen molar-refractivity contribution < 1.29 is 22.7 Å². The van der Waals surface area contributed by atoms with E-state index in [0.29, 0.717) is 0 Å². The lowest BCUT2D eigenvalue weighted by Crippen LogP contribution is -2.32. The molecule has 2 amide bonds. The Hall–Kier alpha value is -3.07. The molecule has 0 heterocycles. The number of nitrogens with one attached hydrogen (secondary N) is 3. The molecule has 168 valence electrons. The lowest BCUT2D eigenvalue weighted by molar-refractivity contribution is 0.0931. The summed E-state index contributed by atoms with van der Waals surface area (Å²) in [4.78, 5) is 24.9. The average Bonchev–Trinajstić information content (AvgIpc) is 2.72. The summed E-state index contributed by atoms with van der Waals surface area (Å²) in [5.41, 5.74) is 0.451. The van der Waals surface area contributed by atoms with Crippen molar-refractivity contribution >= 4 is 27.5 Å². The highest BCUT2D eigenvalue weighted by molar-refractivity contribution is 7.92. The molecule has 0 fully saturated rings. The summed E-state index contributed by atoms with van der Waals surface area (Å²) in [6.45, 7) is 7.41. The number of methoxy groups -OCH3 is 1. The lowest BCUT2D eigenvalue weighted by Gasteiger charge is -2.16. The van der Waals surface area contributed by atoms with E-state index in [1.165, 1.54) is 31.4 Å². The van der Waals surface area contributed by atoms with E-state index >= 15 is 0 Å². The zero-order chi connectivity index (χ0) is 23.2. The third kappa shape index (κ3) is 6.21. The normalized spacial score (nSPS) is 12.2. The van der Waals surface area contributed by atoms with Crippen LogP contribution in [-0.2, 0) is 10.0 Å². The third-order valence-corrected chi connectivity index (χ3v) is 5.91. The minimum absolute atomic E-state index is 0.0548.